The smallest absolute Gasteiger partial charge is 0.383 e. The second kappa shape index (κ2) is 9.88. The summed E-state index contributed by atoms with van der Waals surface area (Å²) < 4.78 is 44.0. The van der Waals surface area contributed by atoms with Gasteiger partial charge >= 0.3 is 6.18 Å². The topological polar surface area (TPSA) is 103 Å². The van der Waals surface area contributed by atoms with E-state index in [9.17, 15) is 22.8 Å². The predicted octanol–water partition coefficient (Wildman–Crippen LogP) is 5.26. The first-order valence-electron chi connectivity index (χ1n) is 12.7. The third-order valence-electron chi connectivity index (χ3n) is 7.76. The summed E-state index contributed by atoms with van der Waals surface area (Å²) in [5.41, 5.74) is 5.45. The Morgan fingerprint density at radius 1 is 1.23 bits per heavy atom. The number of nitrogens with one attached hydrogen (secondary N) is 2. The zero-order chi connectivity index (χ0) is 28.3. The predicted molar refractivity (Wildman–Crippen MR) is 149 cm³/mol. The van der Waals surface area contributed by atoms with Crippen molar-refractivity contribution in [3.8, 4) is 10.4 Å². The molecule has 3 heterocycles. The van der Waals surface area contributed by atoms with E-state index in [0.717, 1.165) is 30.2 Å². The quantitative estimate of drug-likeness (QED) is 0.261. The van der Waals surface area contributed by atoms with Crippen molar-refractivity contribution >= 4 is 46.4 Å². The van der Waals surface area contributed by atoms with Gasteiger partial charge in [0.25, 0.3) is 0 Å². The lowest BCUT2D eigenvalue weighted by Gasteiger charge is -2.45. The molecule has 2 amide bonds. The van der Waals surface area contributed by atoms with Crippen molar-refractivity contribution < 1.29 is 22.8 Å². The van der Waals surface area contributed by atoms with Crippen molar-refractivity contribution in [1.29, 1.82) is 5.41 Å². The number of hydrogen-bond donors (Lipinski definition) is 3. The van der Waals surface area contributed by atoms with Crippen LogP contribution in [-0.4, -0.2) is 64.9 Å². The van der Waals surface area contributed by atoms with E-state index in [4.69, 9.17) is 11.1 Å². The van der Waals surface area contributed by atoms with Crippen LogP contribution >= 0.6 is 23.1 Å². The maximum absolute atomic E-state index is 14.7. The molecule has 0 bridgehead atoms. The van der Waals surface area contributed by atoms with Crippen LogP contribution in [0.2, 0.25) is 0 Å². The number of thioether (sulfide) groups is 1. The molecule has 3 aliphatic rings. The number of benzene rings is 1. The van der Waals surface area contributed by atoms with E-state index in [2.05, 4.69) is 11.9 Å². The summed E-state index contributed by atoms with van der Waals surface area (Å²) in [6.07, 6.45) is -1.45. The fourth-order valence-corrected chi connectivity index (χ4v) is 8.05. The lowest BCUT2D eigenvalue weighted by atomic mass is 9.97. The molecule has 5 rings (SSSR count). The number of carbonyl (C=O) groups excluding carboxylic acids is 2. The minimum absolute atomic E-state index is 0.0171. The SMILES string of the molecule is C=CC(=O)N1[C@H](C)CN(C(=N)c2cc(C(F)(F)F)c(-c3cc(C(N)=O)cs3)c3c2NCC2(CC2)CS3)C[C@@H]1C. The Balaban J connectivity index is 1.63. The molecule has 39 heavy (non-hydrogen) atoms. The highest BCUT2D eigenvalue weighted by Crippen LogP contribution is 2.56. The van der Waals surface area contributed by atoms with Gasteiger partial charge in [-0.15, -0.1) is 23.1 Å². The van der Waals surface area contributed by atoms with Crippen LogP contribution in [0.25, 0.3) is 10.4 Å². The van der Waals surface area contributed by atoms with Crippen molar-refractivity contribution in [2.75, 3.05) is 30.7 Å². The minimum Gasteiger partial charge on any atom is -0.383 e. The van der Waals surface area contributed by atoms with E-state index < -0.39 is 17.6 Å². The molecule has 1 spiro atoms. The molecule has 1 saturated carbocycles. The molecular formula is C27H30F3N5O2S2. The fourth-order valence-electron chi connectivity index (χ4n) is 5.50. The number of thiophene rings is 1. The van der Waals surface area contributed by atoms with Crippen LogP contribution in [0.1, 0.15) is 48.2 Å². The summed E-state index contributed by atoms with van der Waals surface area (Å²) in [5, 5.41) is 14.0. The molecule has 2 aromatic rings. The second-order valence-electron chi connectivity index (χ2n) is 10.7. The monoisotopic (exact) mass is 577 g/mol. The van der Waals surface area contributed by atoms with Crippen LogP contribution < -0.4 is 11.1 Å². The Morgan fingerprint density at radius 3 is 2.44 bits per heavy atom. The molecule has 2 aliphatic heterocycles. The number of amidine groups is 1. The summed E-state index contributed by atoms with van der Waals surface area (Å²) >= 11 is 2.44. The van der Waals surface area contributed by atoms with Crippen LogP contribution in [0, 0.1) is 10.8 Å². The zero-order valence-electron chi connectivity index (χ0n) is 21.7. The molecule has 4 N–H and O–H groups in total. The van der Waals surface area contributed by atoms with Gasteiger partial charge in [0.05, 0.1) is 16.8 Å². The molecule has 1 aliphatic carbocycles. The lowest BCUT2D eigenvalue weighted by molar-refractivity contribution is -0.137. The third-order valence-corrected chi connectivity index (χ3v) is 10.2. The summed E-state index contributed by atoms with van der Waals surface area (Å²) in [7, 11) is 0. The number of nitrogens with two attached hydrogens (primary N) is 1. The van der Waals surface area contributed by atoms with E-state index in [1.54, 1.807) is 9.80 Å². The van der Waals surface area contributed by atoms with Gasteiger partial charge in [-0.05, 0) is 50.3 Å². The number of fused-ring (bicyclic) bond motifs is 1. The van der Waals surface area contributed by atoms with Crippen molar-refractivity contribution in [2.24, 2.45) is 11.1 Å². The highest BCUT2D eigenvalue weighted by molar-refractivity contribution is 7.99. The normalized spacial score (nSPS) is 22.1. The number of carbonyl (C=O) groups is 2. The number of hydrogen-bond acceptors (Lipinski definition) is 6. The standard InChI is InChI=1S/C27H30F3N5O2S2/c1-4-20(36)35-14(2)9-34(10-15(35)3)24(31)17-8-18(27(28,29)30)21(19-7-16(11-38-19)25(32)37)23-22(17)33-12-26(5-6-26)13-39-23/h4,7-8,11,14-15,31,33H,1,5-6,9-10,12-13H2,2-3H3,(H2,32,37)/t14-,15+. The molecule has 208 valence electrons. The van der Waals surface area contributed by atoms with E-state index in [-0.39, 0.29) is 45.9 Å². The van der Waals surface area contributed by atoms with Gasteiger partial charge in [-0.3, -0.25) is 15.0 Å². The molecule has 12 heteroatoms. The highest BCUT2D eigenvalue weighted by Gasteiger charge is 2.46. The van der Waals surface area contributed by atoms with Gasteiger partial charge in [-0.25, -0.2) is 0 Å². The molecule has 7 nitrogen and oxygen atoms in total. The Kier molecular flexibility index (Phi) is 6.99. The van der Waals surface area contributed by atoms with E-state index >= 15 is 0 Å². The maximum atomic E-state index is 14.7. The molecule has 1 aromatic heterocycles. The molecular weight excluding hydrogens is 547 g/mol. The summed E-state index contributed by atoms with van der Waals surface area (Å²) in [6.45, 7) is 8.53. The number of rotatable bonds is 4. The minimum atomic E-state index is -4.70. The Hall–Kier alpha value is -2.99. The van der Waals surface area contributed by atoms with Gasteiger partial charge in [-0.1, -0.05) is 6.58 Å². The zero-order valence-corrected chi connectivity index (χ0v) is 23.3. The summed E-state index contributed by atoms with van der Waals surface area (Å²) in [4.78, 5) is 28.3. The Morgan fingerprint density at radius 2 is 1.90 bits per heavy atom. The Bertz CT molecular complexity index is 1360. The first kappa shape index (κ1) is 27.6. The van der Waals surface area contributed by atoms with Gasteiger partial charge in [0.2, 0.25) is 11.8 Å². The Labute approximate surface area is 233 Å². The number of nitrogens with zero attached hydrogens (tertiary/aromatic N) is 2. The molecule has 1 aromatic carbocycles. The van der Waals surface area contributed by atoms with Gasteiger partial charge < -0.3 is 20.9 Å². The molecule has 2 atom stereocenters. The van der Waals surface area contributed by atoms with Crippen molar-refractivity contribution in [2.45, 2.75) is 49.8 Å². The van der Waals surface area contributed by atoms with Gasteiger partial charge in [0.15, 0.2) is 0 Å². The van der Waals surface area contributed by atoms with Crippen LogP contribution in [0.4, 0.5) is 18.9 Å². The van der Waals surface area contributed by atoms with E-state index in [1.807, 2.05) is 13.8 Å². The van der Waals surface area contributed by atoms with Gasteiger partial charge in [-0.2, -0.15) is 13.2 Å². The lowest BCUT2D eigenvalue weighted by Crippen LogP contribution is -2.59. The third kappa shape index (κ3) is 5.04. The largest absolute Gasteiger partial charge is 0.417 e. The second-order valence-corrected chi connectivity index (χ2v) is 12.6. The molecule has 0 radical (unpaired) electrons. The number of alkyl halides is 3. The van der Waals surface area contributed by atoms with Crippen LogP contribution in [0.3, 0.4) is 0 Å². The molecule has 2 fully saturated rings. The van der Waals surface area contributed by atoms with Crippen LogP contribution in [0.5, 0.6) is 0 Å². The maximum Gasteiger partial charge on any atom is 0.417 e. The number of halogens is 3. The first-order chi connectivity index (χ1) is 18.3. The molecule has 0 unspecified atom stereocenters. The van der Waals surface area contributed by atoms with Gasteiger partial charge in [0.1, 0.15) is 5.84 Å². The number of primary amides is 1. The molecule has 1 saturated heterocycles. The van der Waals surface area contributed by atoms with Crippen molar-refractivity contribution in [3.05, 3.63) is 46.9 Å². The number of anilines is 1. The summed E-state index contributed by atoms with van der Waals surface area (Å²) in [6, 6.07) is 1.97. The average Bonchev–Trinajstić information content (AvgIpc) is 3.52. The first-order valence-corrected chi connectivity index (χ1v) is 14.5. The average molecular weight is 578 g/mol. The fraction of sp³-hybridized carbons (Fsp3) is 0.444. The highest BCUT2D eigenvalue weighted by atomic mass is 32.2. The summed E-state index contributed by atoms with van der Waals surface area (Å²) in [5.74, 6) is -0.261. The number of piperazine rings is 1. The van der Waals surface area contributed by atoms with Gasteiger partial charge in [0, 0.05) is 63.8 Å². The van der Waals surface area contributed by atoms with Crippen molar-refractivity contribution in [3.63, 3.8) is 0 Å². The van der Waals surface area contributed by atoms with E-state index in [0.29, 0.717) is 40.8 Å². The van der Waals surface area contributed by atoms with Crippen LogP contribution in [0.15, 0.2) is 35.1 Å². The van der Waals surface area contributed by atoms with Crippen molar-refractivity contribution in [1.82, 2.24) is 9.80 Å². The van der Waals surface area contributed by atoms with Crippen LogP contribution in [-0.2, 0) is 11.0 Å². The van der Waals surface area contributed by atoms with E-state index in [1.165, 1.54) is 29.3 Å². The number of amides is 2.